The highest BCUT2D eigenvalue weighted by atomic mass is 32.2. The lowest BCUT2D eigenvalue weighted by atomic mass is 10.2. The largest absolute Gasteiger partial charge is 0.307 e. The van der Waals surface area contributed by atoms with Crippen molar-refractivity contribution in [1.82, 2.24) is 14.1 Å². The molecular formula is C23H26N4O3S. The smallest absolute Gasteiger partial charge is 0.256 e. The minimum Gasteiger partial charge on any atom is -0.307 e. The van der Waals surface area contributed by atoms with Crippen LogP contribution in [0.15, 0.2) is 71.8 Å². The number of anilines is 1. The number of rotatable bonds is 6. The lowest BCUT2D eigenvalue weighted by molar-refractivity contribution is 0.102. The van der Waals surface area contributed by atoms with Gasteiger partial charge < -0.3 is 5.32 Å². The molecule has 2 aromatic carbocycles. The molecule has 8 heteroatoms. The first-order chi connectivity index (χ1) is 15.0. The van der Waals surface area contributed by atoms with Crippen molar-refractivity contribution in [2.75, 3.05) is 18.4 Å². The van der Waals surface area contributed by atoms with Gasteiger partial charge in [0.2, 0.25) is 10.0 Å². The Hall–Kier alpha value is -2.97. The molecule has 0 radical (unpaired) electrons. The van der Waals surface area contributed by atoms with Crippen LogP contribution in [0.4, 0.5) is 5.82 Å². The van der Waals surface area contributed by atoms with Crippen molar-refractivity contribution in [1.29, 1.82) is 0 Å². The van der Waals surface area contributed by atoms with Gasteiger partial charge in [-0.2, -0.15) is 9.40 Å². The normalized spacial score (nSPS) is 15.4. The predicted octanol–water partition coefficient (Wildman–Crippen LogP) is 3.75. The second kappa shape index (κ2) is 9.45. The van der Waals surface area contributed by atoms with Gasteiger partial charge in [-0.15, -0.1) is 0 Å². The third-order valence-electron chi connectivity index (χ3n) is 5.45. The molecule has 0 spiro atoms. The van der Waals surface area contributed by atoms with Crippen molar-refractivity contribution in [3.63, 3.8) is 0 Å². The molecule has 7 nitrogen and oxygen atoms in total. The second-order valence-corrected chi connectivity index (χ2v) is 9.59. The number of hydrogen-bond donors (Lipinski definition) is 1. The number of nitrogens with one attached hydrogen (secondary N) is 1. The van der Waals surface area contributed by atoms with Crippen LogP contribution in [-0.2, 0) is 16.6 Å². The summed E-state index contributed by atoms with van der Waals surface area (Å²) in [6, 6.07) is 17.7. The van der Waals surface area contributed by atoms with Crippen molar-refractivity contribution in [3.8, 4) is 0 Å². The molecule has 1 saturated heterocycles. The van der Waals surface area contributed by atoms with Crippen LogP contribution in [0, 0.1) is 0 Å². The molecule has 0 bridgehead atoms. The van der Waals surface area contributed by atoms with Gasteiger partial charge in [0.1, 0.15) is 5.82 Å². The molecule has 1 N–H and O–H groups in total. The van der Waals surface area contributed by atoms with E-state index >= 15 is 0 Å². The highest BCUT2D eigenvalue weighted by molar-refractivity contribution is 7.89. The lowest BCUT2D eigenvalue weighted by Gasteiger charge is -2.20. The van der Waals surface area contributed by atoms with Crippen molar-refractivity contribution in [3.05, 3.63) is 78.0 Å². The molecule has 1 aromatic heterocycles. The zero-order chi connectivity index (χ0) is 21.7. The van der Waals surface area contributed by atoms with Crippen LogP contribution < -0.4 is 5.32 Å². The number of nitrogens with zero attached hydrogens (tertiary/aromatic N) is 3. The molecule has 0 aliphatic carbocycles. The summed E-state index contributed by atoms with van der Waals surface area (Å²) in [6.07, 6.45) is 5.53. The molecular weight excluding hydrogens is 412 g/mol. The molecule has 1 amide bonds. The topological polar surface area (TPSA) is 84.3 Å². The third kappa shape index (κ3) is 5.03. The Kier molecular flexibility index (Phi) is 6.48. The first-order valence-corrected chi connectivity index (χ1v) is 12.0. The summed E-state index contributed by atoms with van der Waals surface area (Å²) in [4.78, 5) is 12.9. The number of carbonyl (C=O) groups is 1. The summed E-state index contributed by atoms with van der Waals surface area (Å²) in [5.41, 5.74) is 1.46. The standard InChI is InChI=1S/C23H26N4O3S/c28-23(25-22-14-15-24-27(22)18-19-8-4-3-5-9-19)20-10-12-21(13-11-20)31(29,30)26-16-6-1-2-7-17-26/h3-5,8-15H,1-2,6-7,16-18H2,(H,25,28). The molecule has 162 valence electrons. The van der Waals surface area contributed by atoms with Gasteiger partial charge in [-0.3, -0.25) is 4.79 Å². The van der Waals surface area contributed by atoms with Crippen molar-refractivity contribution in [2.24, 2.45) is 0 Å². The van der Waals surface area contributed by atoms with E-state index in [4.69, 9.17) is 0 Å². The molecule has 2 heterocycles. The highest BCUT2D eigenvalue weighted by Crippen LogP contribution is 2.21. The Morgan fingerprint density at radius 3 is 2.26 bits per heavy atom. The van der Waals surface area contributed by atoms with Gasteiger partial charge in [0.05, 0.1) is 17.6 Å². The van der Waals surface area contributed by atoms with E-state index in [-0.39, 0.29) is 10.8 Å². The summed E-state index contributed by atoms with van der Waals surface area (Å²) in [5.74, 6) is 0.267. The van der Waals surface area contributed by atoms with Crippen LogP contribution in [0.5, 0.6) is 0 Å². The molecule has 1 aliphatic rings. The van der Waals surface area contributed by atoms with Gasteiger partial charge in [-0.05, 0) is 42.7 Å². The molecule has 1 aliphatic heterocycles. The Labute approximate surface area is 182 Å². The second-order valence-electron chi connectivity index (χ2n) is 7.66. The van der Waals surface area contributed by atoms with E-state index in [9.17, 15) is 13.2 Å². The summed E-state index contributed by atoms with van der Waals surface area (Å²) in [6.45, 7) is 1.64. The quantitative estimate of drug-likeness (QED) is 0.635. The van der Waals surface area contributed by atoms with Crippen LogP contribution in [0.2, 0.25) is 0 Å². The maximum atomic E-state index is 12.9. The first kappa shape index (κ1) is 21.3. The maximum absolute atomic E-state index is 12.9. The van der Waals surface area contributed by atoms with Gasteiger partial charge in [0.15, 0.2) is 0 Å². The van der Waals surface area contributed by atoms with E-state index in [2.05, 4.69) is 10.4 Å². The zero-order valence-electron chi connectivity index (χ0n) is 17.3. The van der Waals surface area contributed by atoms with Crippen LogP contribution in [0.1, 0.15) is 41.6 Å². The van der Waals surface area contributed by atoms with Crippen LogP contribution in [0.3, 0.4) is 0 Å². The molecule has 31 heavy (non-hydrogen) atoms. The monoisotopic (exact) mass is 438 g/mol. The summed E-state index contributed by atoms with van der Waals surface area (Å²) in [5, 5.41) is 7.14. The Balaban J connectivity index is 1.45. The highest BCUT2D eigenvalue weighted by Gasteiger charge is 2.25. The third-order valence-corrected chi connectivity index (χ3v) is 7.37. The van der Waals surface area contributed by atoms with Gasteiger partial charge in [-0.1, -0.05) is 43.2 Å². The maximum Gasteiger partial charge on any atom is 0.256 e. The van der Waals surface area contributed by atoms with Gasteiger partial charge in [0, 0.05) is 24.7 Å². The predicted molar refractivity (Wildman–Crippen MR) is 119 cm³/mol. The van der Waals surface area contributed by atoms with Crippen LogP contribution in [-0.4, -0.2) is 41.5 Å². The summed E-state index contributed by atoms with van der Waals surface area (Å²) >= 11 is 0. The van der Waals surface area contributed by atoms with E-state index in [0.717, 1.165) is 31.2 Å². The van der Waals surface area contributed by atoms with E-state index < -0.39 is 10.0 Å². The number of amides is 1. The van der Waals surface area contributed by atoms with E-state index in [1.165, 1.54) is 12.1 Å². The Morgan fingerprint density at radius 1 is 0.903 bits per heavy atom. The molecule has 0 unspecified atom stereocenters. The lowest BCUT2D eigenvalue weighted by Crippen LogP contribution is -2.31. The summed E-state index contributed by atoms with van der Waals surface area (Å²) in [7, 11) is -3.53. The van der Waals surface area contributed by atoms with Gasteiger partial charge >= 0.3 is 0 Å². The Morgan fingerprint density at radius 2 is 1.58 bits per heavy atom. The number of hydrogen-bond acceptors (Lipinski definition) is 4. The van der Waals surface area contributed by atoms with Crippen LogP contribution in [0.25, 0.3) is 0 Å². The molecule has 4 rings (SSSR count). The van der Waals surface area contributed by atoms with E-state index in [1.807, 2.05) is 30.3 Å². The minimum atomic E-state index is -3.53. The van der Waals surface area contributed by atoms with E-state index in [1.54, 1.807) is 33.4 Å². The number of benzene rings is 2. The Bertz CT molecular complexity index is 1120. The molecule has 1 fully saturated rings. The SMILES string of the molecule is O=C(Nc1ccnn1Cc1ccccc1)c1ccc(S(=O)(=O)N2CCCCCC2)cc1. The van der Waals surface area contributed by atoms with Crippen LogP contribution >= 0.6 is 0 Å². The van der Waals surface area contributed by atoms with Gasteiger partial charge in [-0.25, -0.2) is 13.1 Å². The molecule has 3 aromatic rings. The average Bonchev–Trinajstić information content (AvgIpc) is 3.03. The molecule has 0 atom stereocenters. The molecule has 0 saturated carbocycles. The average molecular weight is 439 g/mol. The fourth-order valence-electron chi connectivity index (χ4n) is 3.72. The summed E-state index contributed by atoms with van der Waals surface area (Å²) < 4.78 is 29.1. The van der Waals surface area contributed by atoms with Gasteiger partial charge in [0.25, 0.3) is 5.91 Å². The zero-order valence-corrected chi connectivity index (χ0v) is 18.1. The van der Waals surface area contributed by atoms with E-state index in [0.29, 0.717) is 31.0 Å². The van der Waals surface area contributed by atoms with Crippen molar-refractivity contribution >= 4 is 21.7 Å². The van der Waals surface area contributed by atoms with Crippen molar-refractivity contribution < 1.29 is 13.2 Å². The fraction of sp³-hybridized carbons (Fsp3) is 0.304. The number of carbonyl (C=O) groups excluding carboxylic acids is 1. The van der Waals surface area contributed by atoms with Crippen molar-refractivity contribution in [2.45, 2.75) is 37.1 Å². The minimum absolute atomic E-state index is 0.222. The fourth-order valence-corrected chi connectivity index (χ4v) is 5.24. The number of aromatic nitrogens is 2. The number of sulfonamides is 1. The first-order valence-electron chi connectivity index (χ1n) is 10.5.